The molecule has 0 saturated carbocycles. The van der Waals surface area contributed by atoms with Gasteiger partial charge in [-0.15, -0.1) is 11.3 Å². The summed E-state index contributed by atoms with van der Waals surface area (Å²) in [5.41, 5.74) is 1.32. The second-order valence-electron chi connectivity index (χ2n) is 4.01. The van der Waals surface area contributed by atoms with Gasteiger partial charge in [-0.05, 0) is 52.7 Å². The highest BCUT2D eigenvalue weighted by molar-refractivity contribution is 9.10. The van der Waals surface area contributed by atoms with Crippen LogP contribution in [0.25, 0.3) is 0 Å². The topological polar surface area (TPSA) is 83.5 Å². The van der Waals surface area contributed by atoms with Crippen molar-refractivity contribution in [2.24, 2.45) is 0 Å². The van der Waals surface area contributed by atoms with E-state index in [0.29, 0.717) is 21.5 Å². The molecule has 20 heavy (non-hydrogen) atoms. The summed E-state index contributed by atoms with van der Waals surface area (Å²) in [5.74, 6) is -1.15. The average Bonchev–Trinajstić information content (AvgIpc) is 2.84. The van der Waals surface area contributed by atoms with Gasteiger partial charge >= 0.3 is 5.97 Å². The van der Waals surface area contributed by atoms with Crippen LogP contribution in [-0.4, -0.2) is 19.5 Å². The third-order valence-corrected chi connectivity index (χ3v) is 6.05. The Morgan fingerprint density at radius 1 is 1.30 bits per heavy atom. The number of rotatable bonds is 4. The Hall–Kier alpha value is -1.38. The number of carboxylic acid groups (broad SMARTS) is 1. The minimum absolute atomic E-state index is 0.0197. The van der Waals surface area contributed by atoms with Gasteiger partial charge in [0.25, 0.3) is 10.0 Å². The van der Waals surface area contributed by atoms with Crippen molar-refractivity contribution in [2.45, 2.75) is 11.1 Å². The van der Waals surface area contributed by atoms with E-state index in [0.717, 1.165) is 5.56 Å². The second kappa shape index (κ2) is 5.55. The number of thiophene rings is 1. The van der Waals surface area contributed by atoms with E-state index in [9.17, 15) is 13.2 Å². The van der Waals surface area contributed by atoms with Crippen molar-refractivity contribution in [1.82, 2.24) is 0 Å². The maximum absolute atomic E-state index is 12.2. The highest BCUT2D eigenvalue weighted by Gasteiger charge is 2.20. The molecule has 0 atom stereocenters. The molecular formula is C12H10BrNO4S2. The smallest absolute Gasteiger partial charge is 0.345 e. The van der Waals surface area contributed by atoms with E-state index in [-0.39, 0.29) is 9.09 Å². The van der Waals surface area contributed by atoms with Crippen LogP contribution < -0.4 is 4.72 Å². The minimum atomic E-state index is -3.79. The van der Waals surface area contributed by atoms with Crippen molar-refractivity contribution in [2.75, 3.05) is 4.72 Å². The van der Waals surface area contributed by atoms with E-state index in [2.05, 4.69) is 20.7 Å². The first-order chi connectivity index (χ1) is 9.29. The zero-order chi connectivity index (χ0) is 14.9. The van der Waals surface area contributed by atoms with Gasteiger partial charge in [0, 0.05) is 4.47 Å². The largest absolute Gasteiger partial charge is 0.477 e. The van der Waals surface area contributed by atoms with Crippen molar-refractivity contribution < 1.29 is 18.3 Å². The predicted molar refractivity (Wildman–Crippen MR) is 81.0 cm³/mol. The Bertz CT molecular complexity index is 768. The molecule has 2 N–H and O–H groups in total. The van der Waals surface area contributed by atoms with Crippen LogP contribution in [0.4, 0.5) is 5.69 Å². The molecule has 0 aliphatic carbocycles. The number of aromatic carboxylic acids is 1. The third kappa shape index (κ3) is 3.20. The normalized spacial score (nSPS) is 11.3. The standard InChI is InChI=1S/C12H10BrNO4S2/c1-7-2-3-8(13)9(6-7)14-20(17,18)11-5-4-10(19-11)12(15)16/h2-6,14H,1H3,(H,15,16). The fraction of sp³-hybridized carbons (Fsp3) is 0.0833. The number of sulfonamides is 1. The molecule has 1 aromatic carbocycles. The van der Waals surface area contributed by atoms with Gasteiger partial charge in [0.05, 0.1) is 5.69 Å². The maximum Gasteiger partial charge on any atom is 0.345 e. The van der Waals surface area contributed by atoms with Crippen molar-refractivity contribution >= 4 is 48.9 Å². The highest BCUT2D eigenvalue weighted by Crippen LogP contribution is 2.28. The molecular weight excluding hydrogens is 366 g/mol. The number of hydrogen-bond donors (Lipinski definition) is 2. The zero-order valence-electron chi connectivity index (χ0n) is 10.3. The van der Waals surface area contributed by atoms with Crippen LogP contribution in [0, 0.1) is 6.92 Å². The highest BCUT2D eigenvalue weighted by atomic mass is 79.9. The number of nitrogens with one attached hydrogen (secondary N) is 1. The molecule has 0 unspecified atom stereocenters. The van der Waals surface area contributed by atoms with Gasteiger partial charge < -0.3 is 5.11 Å². The predicted octanol–water partition coefficient (Wildman–Crippen LogP) is 3.32. The molecule has 8 heteroatoms. The Labute approximate surface area is 128 Å². The van der Waals surface area contributed by atoms with E-state index in [1.165, 1.54) is 12.1 Å². The fourth-order valence-corrected chi connectivity index (χ4v) is 4.18. The van der Waals surface area contributed by atoms with Gasteiger partial charge in [-0.3, -0.25) is 4.72 Å². The minimum Gasteiger partial charge on any atom is -0.477 e. The van der Waals surface area contributed by atoms with Crippen LogP contribution >= 0.6 is 27.3 Å². The SMILES string of the molecule is Cc1ccc(Br)c(NS(=O)(=O)c2ccc(C(=O)O)s2)c1. The summed E-state index contributed by atoms with van der Waals surface area (Å²) in [6, 6.07) is 7.82. The first kappa shape index (κ1) is 15.0. The lowest BCUT2D eigenvalue weighted by atomic mass is 10.2. The van der Waals surface area contributed by atoms with Gasteiger partial charge in [-0.1, -0.05) is 6.07 Å². The molecule has 0 radical (unpaired) electrons. The van der Waals surface area contributed by atoms with Gasteiger partial charge in [-0.2, -0.15) is 0 Å². The van der Waals surface area contributed by atoms with Crippen molar-refractivity contribution in [3.8, 4) is 0 Å². The third-order valence-electron chi connectivity index (χ3n) is 2.42. The Morgan fingerprint density at radius 3 is 2.60 bits per heavy atom. The molecule has 1 aromatic heterocycles. The summed E-state index contributed by atoms with van der Waals surface area (Å²) in [5, 5.41) is 8.82. The second-order valence-corrected chi connectivity index (χ2v) is 7.86. The molecule has 5 nitrogen and oxygen atoms in total. The molecule has 0 amide bonds. The number of benzene rings is 1. The molecule has 0 fully saturated rings. The van der Waals surface area contributed by atoms with Crippen molar-refractivity contribution in [3.05, 3.63) is 45.2 Å². The number of carbonyl (C=O) groups is 1. The molecule has 0 saturated heterocycles. The Morgan fingerprint density at radius 2 is 2.00 bits per heavy atom. The zero-order valence-corrected chi connectivity index (χ0v) is 13.5. The monoisotopic (exact) mass is 375 g/mol. The first-order valence-electron chi connectivity index (χ1n) is 5.42. The molecule has 1 heterocycles. The lowest BCUT2D eigenvalue weighted by Crippen LogP contribution is -2.12. The fourth-order valence-electron chi connectivity index (χ4n) is 1.49. The summed E-state index contributed by atoms with van der Waals surface area (Å²) >= 11 is 3.98. The summed E-state index contributed by atoms with van der Waals surface area (Å²) in [6.45, 7) is 1.85. The molecule has 0 spiro atoms. The van der Waals surface area contributed by atoms with Gasteiger partial charge in [0.15, 0.2) is 0 Å². The lowest BCUT2D eigenvalue weighted by Gasteiger charge is -2.09. The number of hydrogen-bond acceptors (Lipinski definition) is 4. The average molecular weight is 376 g/mol. The van der Waals surface area contributed by atoms with Gasteiger partial charge in [0.1, 0.15) is 9.09 Å². The van der Waals surface area contributed by atoms with E-state index < -0.39 is 16.0 Å². The number of carboxylic acids is 1. The molecule has 0 aliphatic rings. The molecule has 2 rings (SSSR count). The quantitative estimate of drug-likeness (QED) is 0.858. The van der Waals surface area contributed by atoms with Crippen LogP contribution in [0.5, 0.6) is 0 Å². The van der Waals surface area contributed by atoms with E-state index in [1.54, 1.807) is 12.1 Å². The van der Waals surface area contributed by atoms with Crippen LogP contribution in [0.1, 0.15) is 15.2 Å². The van der Waals surface area contributed by atoms with Crippen molar-refractivity contribution in [1.29, 1.82) is 0 Å². The molecule has 106 valence electrons. The van der Waals surface area contributed by atoms with Crippen LogP contribution in [-0.2, 0) is 10.0 Å². The molecule has 0 aliphatic heterocycles. The van der Waals surface area contributed by atoms with E-state index >= 15 is 0 Å². The first-order valence-corrected chi connectivity index (χ1v) is 8.51. The van der Waals surface area contributed by atoms with Crippen LogP contribution in [0.15, 0.2) is 39.0 Å². The summed E-state index contributed by atoms with van der Waals surface area (Å²) in [6.07, 6.45) is 0. The van der Waals surface area contributed by atoms with Gasteiger partial charge in [-0.25, -0.2) is 13.2 Å². The maximum atomic E-state index is 12.2. The summed E-state index contributed by atoms with van der Waals surface area (Å²) in [7, 11) is -3.79. The van der Waals surface area contributed by atoms with Crippen LogP contribution in [0.3, 0.4) is 0 Å². The summed E-state index contributed by atoms with van der Waals surface area (Å²) < 4.78 is 27.4. The van der Waals surface area contributed by atoms with E-state index in [1.807, 2.05) is 13.0 Å². The Balaban J connectivity index is 2.35. The Kier molecular flexibility index (Phi) is 4.17. The number of aryl methyl sites for hydroxylation is 1. The van der Waals surface area contributed by atoms with E-state index in [4.69, 9.17) is 5.11 Å². The lowest BCUT2D eigenvalue weighted by molar-refractivity contribution is 0.0702. The number of halogens is 1. The molecule has 0 bridgehead atoms. The molecule has 2 aromatic rings. The number of anilines is 1. The van der Waals surface area contributed by atoms with Gasteiger partial charge in [0.2, 0.25) is 0 Å². The van der Waals surface area contributed by atoms with Crippen molar-refractivity contribution in [3.63, 3.8) is 0 Å². The van der Waals surface area contributed by atoms with Crippen LogP contribution in [0.2, 0.25) is 0 Å². The summed E-state index contributed by atoms with van der Waals surface area (Å²) in [4.78, 5) is 10.8.